The average Bonchev–Trinajstić information content (AvgIpc) is 3.32. The van der Waals surface area contributed by atoms with Gasteiger partial charge in [0.05, 0.1) is 22.8 Å². The van der Waals surface area contributed by atoms with E-state index in [2.05, 4.69) is 25.4 Å². The topological polar surface area (TPSA) is 96.2 Å². The van der Waals surface area contributed by atoms with Crippen LogP contribution in [0.15, 0.2) is 24.4 Å². The number of nitrogens with one attached hydrogen (secondary N) is 1. The molecular formula is C25H27ClF3N7O2. The van der Waals surface area contributed by atoms with Gasteiger partial charge in [0.1, 0.15) is 0 Å². The highest BCUT2D eigenvalue weighted by Crippen LogP contribution is 2.38. The Kier molecular flexibility index (Phi) is 6.93. The predicted octanol–water partition coefficient (Wildman–Crippen LogP) is 3.75. The SMILES string of the molecule is CCNC(=O)c1ccc2c(N3CCC(C(=O)N4CCn5c(nnc5C(F)(F)F)C4)C(C)C3)c(Cl)cnc2c1. The zero-order chi connectivity index (χ0) is 27.2. The van der Waals surface area contributed by atoms with Gasteiger partial charge < -0.3 is 19.7 Å². The Labute approximate surface area is 222 Å². The van der Waals surface area contributed by atoms with Crippen molar-refractivity contribution in [3.8, 4) is 0 Å². The molecule has 1 fully saturated rings. The number of fused-ring (bicyclic) bond motifs is 2. The second-order valence-electron chi connectivity index (χ2n) is 9.71. The van der Waals surface area contributed by atoms with Crippen molar-refractivity contribution in [2.24, 2.45) is 11.8 Å². The Bertz CT molecular complexity index is 1390. The maximum Gasteiger partial charge on any atom is 0.451 e. The van der Waals surface area contributed by atoms with Gasteiger partial charge in [0.25, 0.3) is 5.91 Å². The predicted molar refractivity (Wildman–Crippen MR) is 135 cm³/mol. The van der Waals surface area contributed by atoms with Crippen molar-refractivity contribution in [3.05, 3.63) is 46.6 Å². The quantitative estimate of drug-likeness (QED) is 0.532. The van der Waals surface area contributed by atoms with Crippen LogP contribution >= 0.6 is 11.6 Å². The van der Waals surface area contributed by atoms with E-state index >= 15 is 0 Å². The van der Waals surface area contributed by atoms with Crippen molar-refractivity contribution < 1.29 is 22.8 Å². The third-order valence-corrected chi connectivity index (χ3v) is 7.53. The van der Waals surface area contributed by atoms with Crippen LogP contribution in [0, 0.1) is 11.8 Å². The first-order valence-electron chi connectivity index (χ1n) is 12.5. The Morgan fingerprint density at radius 3 is 2.68 bits per heavy atom. The summed E-state index contributed by atoms with van der Waals surface area (Å²) in [6.07, 6.45) is -2.45. The molecule has 4 heterocycles. The van der Waals surface area contributed by atoms with Crippen molar-refractivity contribution in [3.63, 3.8) is 0 Å². The number of alkyl halides is 3. The van der Waals surface area contributed by atoms with E-state index in [4.69, 9.17) is 11.6 Å². The number of anilines is 1. The number of carbonyl (C=O) groups excluding carboxylic acids is 2. The molecule has 1 N–H and O–H groups in total. The average molecular weight is 550 g/mol. The van der Waals surface area contributed by atoms with Crippen molar-refractivity contribution >= 4 is 40.0 Å². The van der Waals surface area contributed by atoms with Gasteiger partial charge in [0.15, 0.2) is 5.82 Å². The van der Waals surface area contributed by atoms with E-state index in [-0.39, 0.29) is 49.1 Å². The number of halogens is 4. The number of aromatic nitrogens is 4. The lowest BCUT2D eigenvalue weighted by atomic mass is 9.85. The number of hydrogen-bond donors (Lipinski definition) is 1. The summed E-state index contributed by atoms with van der Waals surface area (Å²) >= 11 is 6.59. The van der Waals surface area contributed by atoms with Crippen LogP contribution in [0.1, 0.15) is 42.3 Å². The highest BCUT2D eigenvalue weighted by atomic mass is 35.5. The molecule has 202 valence electrons. The van der Waals surface area contributed by atoms with Gasteiger partial charge in [-0.05, 0) is 37.5 Å². The molecule has 0 saturated carbocycles. The molecule has 0 radical (unpaired) electrons. The largest absolute Gasteiger partial charge is 0.451 e. The number of rotatable bonds is 4. The second kappa shape index (κ2) is 10.0. The number of nitrogens with zero attached hydrogens (tertiary/aromatic N) is 6. The zero-order valence-corrected chi connectivity index (χ0v) is 21.7. The number of piperidine rings is 1. The number of benzene rings is 1. The summed E-state index contributed by atoms with van der Waals surface area (Å²) in [5, 5.41) is 11.1. The summed E-state index contributed by atoms with van der Waals surface area (Å²) < 4.78 is 40.5. The minimum Gasteiger partial charge on any atom is -0.369 e. The number of carbonyl (C=O) groups is 2. The van der Waals surface area contributed by atoms with Crippen LogP contribution in [0.4, 0.5) is 18.9 Å². The maximum atomic E-state index is 13.4. The molecule has 2 unspecified atom stereocenters. The van der Waals surface area contributed by atoms with Crippen molar-refractivity contribution in [2.45, 2.75) is 39.5 Å². The van der Waals surface area contributed by atoms with E-state index in [9.17, 15) is 22.8 Å². The molecule has 2 atom stereocenters. The molecule has 0 spiro atoms. The fourth-order valence-electron chi connectivity index (χ4n) is 5.39. The maximum absolute atomic E-state index is 13.4. The first kappa shape index (κ1) is 26.2. The zero-order valence-electron chi connectivity index (χ0n) is 20.9. The molecule has 2 amide bonds. The minimum absolute atomic E-state index is 0.00358. The van der Waals surface area contributed by atoms with Crippen LogP contribution in [0.5, 0.6) is 0 Å². The molecule has 3 aromatic rings. The number of amides is 2. The van der Waals surface area contributed by atoms with Crippen LogP contribution in [0.25, 0.3) is 10.9 Å². The third kappa shape index (κ3) is 4.77. The molecule has 1 saturated heterocycles. The lowest BCUT2D eigenvalue weighted by Gasteiger charge is -2.40. The van der Waals surface area contributed by atoms with E-state index in [1.807, 2.05) is 19.9 Å². The molecule has 13 heteroatoms. The van der Waals surface area contributed by atoms with Gasteiger partial charge in [-0.25, -0.2) is 0 Å². The smallest absolute Gasteiger partial charge is 0.369 e. The highest BCUT2D eigenvalue weighted by Gasteiger charge is 2.41. The molecule has 0 aliphatic carbocycles. The van der Waals surface area contributed by atoms with Crippen LogP contribution in [0.2, 0.25) is 5.02 Å². The lowest BCUT2D eigenvalue weighted by molar-refractivity contribution is -0.148. The van der Waals surface area contributed by atoms with Gasteiger partial charge in [-0.1, -0.05) is 18.5 Å². The Hall–Kier alpha value is -3.41. The summed E-state index contributed by atoms with van der Waals surface area (Å²) in [6.45, 7) is 5.69. The molecule has 2 aliphatic rings. The molecule has 2 aromatic heterocycles. The first-order valence-corrected chi connectivity index (χ1v) is 12.9. The summed E-state index contributed by atoms with van der Waals surface area (Å²) in [4.78, 5) is 33.8. The molecule has 1 aromatic carbocycles. The second-order valence-corrected chi connectivity index (χ2v) is 10.1. The molecule has 5 rings (SSSR count). The van der Waals surface area contributed by atoms with Gasteiger partial charge in [0.2, 0.25) is 11.7 Å². The van der Waals surface area contributed by atoms with Gasteiger partial charge in [0, 0.05) is 55.8 Å². The van der Waals surface area contributed by atoms with Gasteiger partial charge >= 0.3 is 6.18 Å². The van der Waals surface area contributed by atoms with E-state index in [0.29, 0.717) is 42.2 Å². The summed E-state index contributed by atoms with van der Waals surface area (Å²) in [6, 6.07) is 5.32. The van der Waals surface area contributed by atoms with E-state index in [0.717, 1.165) is 15.6 Å². The van der Waals surface area contributed by atoms with Gasteiger partial charge in [-0.15, -0.1) is 10.2 Å². The molecule has 38 heavy (non-hydrogen) atoms. The van der Waals surface area contributed by atoms with Crippen LogP contribution in [0.3, 0.4) is 0 Å². The number of pyridine rings is 1. The fraction of sp³-hybridized carbons (Fsp3) is 0.480. The fourth-order valence-corrected chi connectivity index (χ4v) is 5.66. The first-order chi connectivity index (χ1) is 18.1. The monoisotopic (exact) mass is 549 g/mol. The van der Waals surface area contributed by atoms with E-state index < -0.39 is 12.0 Å². The van der Waals surface area contributed by atoms with Gasteiger partial charge in [-0.2, -0.15) is 13.2 Å². The number of hydrogen-bond acceptors (Lipinski definition) is 6. The minimum atomic E-state index is -4.58. The Morgan fingerprint density at radius 1 is 1.18 bits per heavy atom. The van der Waals surface area contributed by atoms with Crippen molar-refractivity contribution in [1.82, 2.24) is 30.0 Å². The van der Waals surface area contributed by atoms with Crippen molar-refractivity contribution in [1.29, 1.82) is 0 Å². The summed E-state index contributed by atoms with van der Waals surface area (Å²) in [5.41, 5.74) is 1.97. The highest BCUT2D eigenvalue weighted by molar-refractivity contribution is 6.34. The summed E-state index contributed by atoms with van der Waals surface area (Å²) in [5.74, 6) is -1.46. The molecule has 2 aliphatic heterocycles. The molecule has 0 bridgehead atoms. The molecule has 9 nitrogen and oxygen atoms in total. The van der Waals surface area contributed by atoms with Crippen LogP contribution in [-0.4, -0.2) is 62.6 Å². The van der Waals surface area contributed by atoms with Crippen LogP contribution < -0.4 is 10.2 Å². The Morgan fingerprint density at radius 2 is 1.97 bits per heavy atom. The van der Waals surface area contributed by atoms with Crippen molar-refractivity contribution in [2.75, 3.05) is 31.1 Å². The molecular weight excluding hydrogens is 523 g/mol. The summed E-state index contributed by atoms with van der Waals surface area (Å²) in [7, 11) is 0. The Balaban J connectivity index is 1.31. The van der Waals surface area contributed by atoms with Crippen LogP contribution in [-0.2, 0) is 24.1 Å². The normalized spacial score (nSPS) is 19.9. The van der Waals surface area contributed by atoms with E-state index in [1.54, 1.807) is 23.2 Å². The lowest BCUT2D eigenvalue weighted by Crippen LogP contribution is -2.49. The van der Waals surface area contributed by atoms with Gasteiger partial charge in [-0.3, -0.25) is 14.6 Å². The third-order valence-electron chi connectivity index (χ3n) is 7.25. The standard InChI is InChI=1S/C25H27ClF3N7O2/c1-3-30-22(37)15-4-5-17-19(10-15)31-11-18(26)21(17)34-7-6-16(14(2)12-34)23(38)35-8-9-36-20(13-35)32-33-24(36)25(27,28)29/h4-5,10-11,14,16H,3,6-9,12-13H2,1-2H3,(H,30,37). The van der Waals surface area contributed by atoms with E-state index in [1.165, 1.54) is 0 Å².